The number of carbonyl (C=O) groups excluding carboxylic acids is 3. The Morgan fingerprint density at radius 2 is 1.72 bits per heavy atom. The normalized spacial score (nSPS) is 13.8. The van der Waals surface area contributed by atoms with E-state index in [-0.39, 0.29) is 24.4 Å². The van der Waals surface area contributed by atoms with E-state index >= 15 is 0 Å². The molecule has 0 bridgehead atoms. The lowest BCUT2D eigenvalue weighted by atomic mass is 9.96. The highest BCUT2D eigenvalue weighted by molar-refractivity contribution is 5.92. The standard InChI is InChI=1S/C28H44N4O4/c1-10-11-21(6)30-25(33)24(22-13-12-19(4)20(5)17-22)32(15-14-29)26(34)23(16-18(2)3)31-27(35)36-28(7,8)9/h12-13,17-18,21,23-24H,10-11,15-16H2,1-9H3,(H,30,33)(H,31,35). The van der Waals surface area contributed by atoms with Gasteiger partial charge < -0.3 is 20.3 Å². The Labute approximate surface area is 216 Å². The summed E-state index contributed by atoms with van der Waals surface area (Å²) in [5.41, 5.74) is 1.91. The van der Waals surface area contributed by atoms with Crippen LogP contribution < -0.4 is 10.6 Å². The highest BCUT2D eigenvalue weighted by atomic mass is 16.6. The number of benzene rings is 1. The Kier molecular flexibility index (Phi) is 11.9. The highest BCUT2D eigenvalue weighted by Gasteiger charge is 2.37. The van der Waals surface area contributed by atoms with E-state index in [0.717, 1.165) is 24.0 Å². The average Bonchev–Trinajstić information content (AvgIpc) is 2.73. The van der Waals surface area contributed by atoms with E-state index in [4.69, 9.17) is 4.74 Å². The molecule has 0 spiro atoms. The number of rotatable bonds is 11. The van der Waals surface area contributed by atoms with Gasteiger partial charge in [-0.15, -0.1) is 0 Å². The molecule has 200 valence electrons. The first-order chi connectivity index (χ1) is 16.7. The number of alkyl carbamates (subject to hydrolysis) is 1. The Hall–Kier alpha value is -3.08. The predicted molar refractivity (Wildman–Crippen MR) is 141 cm³/mol. The zero-order valence-electron chi connectivity index (χ0n) is 23.4. The molecule has 8 heteroatoms. The Bertz CT molecular complexity index is 946. The zero-order valence-corrected chi connectivity index (χ0v) is 23.4. The third-order valence-electron chi connectivity index (χ3n) is 5.74. The maximum Gasteiger partial charge on any atom is 0.408 e. The number of ether oxygens (including phenoxy) is 1. The van der Waals surface area contributed by atoms with Crippen molar-refractivity contribution < 1.29 is 19.1 Å². The summed E-state index contributed by atoms with van der Waals surface area (Å²) in [6.45, 7) is 16.7. The first kappa shape index (κ1) is 31.0. The number of nitrogens with zero attached hydrogens (tertiary/aromatic N) is 2. The lowest BCUT2D eigenvalue weighted by molar-refractivity contribution is -0.142. The second-order valence-electron chi connectivity index (χ2n) is 10.9. The zero-order chi connectivity index (χ0) is 27.6. The number of hydrogen-bond donors (Lipinski definition) is 2. The Balaban J connectivity index is 3.49. The van der Waals surface area contributed by atoms with Crippen molar-refractivity contribution in [1.29, 1.82) is 5.26 Å². The van der Waals surface area contributed by atoms with E-state index in [0.29, 0.717) is 12.0 Å². The van der Waals surface area contributed by atoms with Crippen LogP contribution in [0.4, 0.5) is 4.79 Å². The van der Waals surface area contributed by atoms with Crippen LogP contribution in [0, 0.1) is 31.1 Å². The molecule has 0 aliphatic carbocycles. The summed E-state index contributed by atoms with van der Waals surface area (Å²) in [5.74, 6) is -0.794. The molecule has 0 heterocycles. The van der Waals surface area contributed by atoms with Gasteiger partial charge in [-0.3, -0.25) is 9.59 Å². The minimum absolute atomic E-state index is 0.0660. The lowest BCUT2D eigenvalue weighted by Gasteiger charge is -2.34. The van der Waals surface area contributed by atoms with Gasteiger partial charge in [-0.1, -0.05) is 45.4 Å². The number of aryl methyl sites for hydroxylation is 2. The van der Waals surface area contributed by atoms with E-state index in [1.807, 2.05) is 65.8 Å². The van der Waals surface area contributed by atoms with Crippen LogP contribution in [-0.4, -0.2) is 47.0 Å². The van der Waals surface area contributed by atoms with E-state index < -0.39 is 29.7 Å². The lowest BCUT2D eigenvalue weighted by Crippen LogP contribution is -2.54. The van der Waals surface area contributed by atoms with Crippen LogP contribution >= 0.6 is 0 Å². The molecule has 0 saturated heterocycles. The fourth-order valence-corrected chi connectivity index (χ4v) is 3.95. The fourth-order valence-electron chi connectivity index (χ4n) is 3.95. The molecule has 3 amide bonds. The molecule has 8 nitrogen and oxygen atoms in total. The van der Waals surface area contributed by atoms with Gasteiger partial charge in [0.2, 0.25) is 11.8 Å². The van der Waals surface area contributed by atoms with Crippen LogP contribution in [0.15, 0.2) is 18.2 Å². The number of nitriles is 1. The third-order valence-corrected chi connectivity index (χ3v) is 5.74. The molecule has 36 heavy (non-hydrogen) atoms. The Morgan fingerprint density at radius 1 is 1.08 bits per heavy atom. The minimum Gasteiger partial charge on any atom is -0.444 e. The quantitative estimate of drug-likeness (QED) is 0.418. The van der Waals surface area contributed by atoms with Crippen molar-refractivity contribution in [1.82, 2.24) is 15.5 Å². The monoisotopic (exact) mass is 500 g/mol. The van der Waals surface area contributed by atoms with Gasteiger partial charge in [0.05, 0.1) is 6.07 Å². The van der Waals surface area contributed by atoms with Crippen LogP contribution in [0.2, 0.25) is 0 Å². The number of hydrogen-bond acceptors (Lipinski definition) is 5. The number of amides is 3. The van der Waals surface area contributed by atoms with Crippen molar-refractivity contribution in [2.45, 2.75) is 105 Å². The van der Waals surface area contributed by atoms with Crippen molar-refractivity contribution in [2.75, 3.05) is 6.54 Å². The van der Waals surface area contributed by atoms with E-state index in [9.17, 15) is 19.6 Å². The summed E-state index contributed by atoms with van der Waals surface area (Å²) in [5, 5.41) is 15.3. The van der Waals surface area contributed by atoms with Crippen molar-refractivity contribution in [3.63, 3.8) is 0 Å². The fraction of sp³-hybridized carbons (Fsp3) is 0.643. The van der Waals surface area contributed by atoms with E-state index in [1.54, 1.807) is 20.8 Å². The molecule has 1 aromatic rings. The molecule has 3 atom stereocenters. The first-order valence-corrected chi connectivity index (χ1v) is 12.7. The summed E-state index contributed by atoms with van der Waals surface area (Å²) in [6, 6.07) is 5.56. The van der Waals surface area contributed by atoms with Gasteiger partial charge in [-0.05, 0) is 77.0 Å². The smallest absolute Gasteiger partial charge is 0.408 e. The number of nitrogens with one attached hydrogen (secondary N) is 2. The summed E-state index contributed by atoms with van der Waals surface area (Å²) < 4.78 is 5.38. The largest absolute Gasteiger partial charge is 0.444 e. The number of carbonyl (C=O) groups is 3. The molecular weight excluding hydrogens is 456 g/mol. The first-order valence-electron chi connectivity index (χ1n) is 12.7. The molecule has 0 aliphatic heterocycles. The van der Waals surface area contributed by atoms with Gasteiger partial charge in [-0.2, -0.15) is 5.26 Å². The van der Waals surface area contributed by atoms with Crippen molar-refractivity contribution in [3.8, 4) is 6.07 Å². The van der Waals surface area contributed by atoms with Gasteiger partial charge >= 0.3 is 6.09 Å². The van der Waals surface area contributed by atoms with Gasteiger partial charge in [-0.25, -0.2) is 4.79 Å². The SMILES string of the molecule is CCCC(C)NC(=O)C(c1ccc(C)c(C)c1)N(CC#N)C(=O)C(CC(C)C)NC(=O)OC(C)(C)C. The molecule has 0 aromatic heterocycles. The van der Waals surface area contributed by atoms with Crippen LogP contribution in [0.3, 0.4) is 0 Å². The topological polar surface area (TPSA) is 112 Å². The second kappa shape index (κ2) is 13.9. The minimum atomic E-state index is -1.02. The average molecular weight is 501 g/mol. The van der Waals surface area contributed by atoms with Crippen molar-refractivity contribution in [3.05, 3.63) is 34.9 Å². The summed E-state index contributed by atoms with van der Waals surface area (Å²) in [7, 11) is 0. The van der Waals surface area contributed by atoms with Crippen molar-refractivity contribution >= 4 is 17.9 Å². The molecule has 0 aliphatic rings. The second-order valence-corrected chi connectivity index (χ2v) is 10.9. The molecule has 0 saturated carbocycles. The van der Waals surface area contributed by atoms with E-state index in [1.165, 1.54) is 4.90 Å². The van der Waals surface area contributed by atoms with Crippen LogP contribution in [0.1, 0.15) is 90.5 Å². The molecule has 1 rings (SSSR count). The van der Waals surface area contributed by atoms with Crippen LogP contribution in [-0.2, 0) is 14.3 Å². The predicted octanol–water partition coefficient (Wildman–Crippen LogP) is 4.94. The summed E-state index contributed by atoms with van der Waals surface area (Å²) in [6.07, 6.45) is 1.29. The van der Waals surface area contributed by atoms with Crippen LogP contribution in [0.5, 0.6) is 0 Å². The maximum atomic E-state index is 13.9. The maximum absolute atomic E-state index is 13.9. The third kappa shape index (κ3) is 9.88. The van der Waals surface area contributed by atoms with Gasteiger partial charge in [0.15, 0.2) is 0 Å². The summed E-state index contributed by atoms with van der Waals surface area (Å²) >= 11 is 0. The molecular formula is C28H44N4O4. The van der Waals surface area contributed by atoms with E-state index in [2.05, 4.69) is 10.6 Å². The van der Waals surface area contributed by atoms with Crippen LogP contribution in [0.25, 0.3) is 0 Å². The Morgan fingerprint density at radius 3 is 2.22 bits per heavy atom. The van der Waals surface area contributed by atoms with Gasteiger partial charge in [0.1, 0.15) is 24.2 Å². The molecule has 1 aromatic carbocycles. The summed E-state index contributed by atoms with van der Waals surface area (Å²) in [4.78, 5) is 41.3. The van der Waals surface area contributed by atoms with Crippen molar-refractivity contribution in [2.24, 2.45) is 5.92 Å². The molecule has 2 N–H and O–H groups in total. The van der Waals surface area contributed by atoms with Gasteiger partial charge in [0.25, 0.3) is 0 Å². The highest BCUT2D eigenvalue weighted by Crippen LogP contribution is 2.26. The molecule has 0 fully saturated rings. The van der Waals surface area contributed by atoms with Gasteiger partial charge in [0, 0.05) is 6.04 Å². The molecule has 3 unspecified atom stereocenters. The molecule has 0 radical (unpaired) electrons.